The zero-order chi connectivity index (χ0) is 25.6. The van der Waals surface area contributed by atoms with Gasteiger partial charge in [-0.05, 0) is 85.8 Å². The molecule has 194 valence electrons. The van der Waals surface area contributed by atoms with Crippen LogP contribution in [0.3, 0.4) is 0 Å². The molecule has 2 aromatic rings. The van der Waals surface area contributed by atoms with Crippen molar-refractivity contribution in [2.75, 3.05) is 24.7 Å². The predicted molar refractivity (Wildman–Crippen MR) is 162 cm³/mol. The first-order chi connectivity index (χ1) is 17.0. The van der Waals surface area contributed by atoms with Crippen molar-refractivity contribution in [1.82, 2.24) is 5.32 Å². The van der Waals surface area contributed by atoms with E-state index >= 15 is 0 Å². The Morgan fingerprint density at radius 1 is 1.14 bits per heavy atom. The summed E-state index contributed by atoms with van der Waals surface area (Å²) in [5.41, 5.74) is 5.42. The SMILES string of the molecule is C=C(NCCCC)c1c(NC)sc2c1CC(C)CC2.C=CC1CC1.CCSc1ccc(CC)cc1. The van der Waals surface area contributed by atoms with Crippen LogP contribution < -0.4 is 10.6 Å². The van der Waals surface area contributed by atoms with Crippen molar-refractivity contribution in [3.8, 4) is 0 Å². The third kappa shape index (κ3) is 10.1. The van der Waals surface area contributed by atoms with Crippen LogP contribution in [0, 0.1) is 11.8 Å². The molecule has 1 fully saturated rings. The molecule has 4 rings (SSSR count). The van der Waals surface area contributed by atoms with Crippen LogP contribution in [0.25, 0.3) is 5.70 Å². The predicted octanol–water partition coefficient (Wildman–Crippen LogP) is 9.22. The maximum atomic E-state index is 4.27. The first-order valence-corrected chi connectivity index (χ1v) is 15.4. The summed E-state index contributed by atoms with van der Waals surface area (Å²) in [5, 5.41) is 8.14. The van der Waals surface area contributed by atoms with Gasteiger partial charge in [0, 0.05) is 34.6 Å². The van der Waals surface area contributed by atoms with E-state index in [0.29, 0.717) is 0 Å². The van der Waals surface area contributed by atoms with Crippen molar-refractivity contribution in [2.45, 2.75) is 84.0 Å². The number of nitrogens with one attached hydrogen (secondary N) is 2. The lowest BCUT2D eigenvalue weighted by atomic mass is 9.87. The van der Waals surface area contributed by atoms with Crippen LogP contribution in [0.2, 0.25) is 0 Å². The Bertz CT molecular complexity index is 893. The molecule has 2 nitrogen and oxygen atoms in total. The lowest BCUT2D eigenvalue weighted by Crippen LogP contribution is -2.16. The highest BCUT2D eigenvalue weighted by atomic mass is 32.2. The number of allylic oxidation sites excluding steroid dienone is 1. The van der Waals surface area contributed by atoms with Crippen molar-refractivity contribution >= 4 is 33.8 Å². The maximum Gasteiger partial charge on any atom is 0.0980 e. The van der Waals surface area contributed by atoms with Crippen molar-refractivity contribution in [1.29, 1.82) is 0 Å². The lowest BCUT2D eigenvalue weighted by Gasteiger charge is -2.20. The number of thioether (sulfide) groups is 1. The molecule has 0 amide bonds. The van der Waals surface area contributed by atoms with E-state index in [4.69, 9.17) is 0 Å². The summed E-state index contributed by atoms with van der Waals surface area (Å²) in [5.74, 6) is 2.86. The Morgan fingerprint density at radius 2 is 1.86 bits per heavy atom. The minimum absolute atomic E-state index is 0.800. The van der Waals surface area contributed by atoms with Gasteiger partial charge in [-0.25, -0.2) is 0 Å². The second kappa shape index (κ2) is 16.2. The zero-order valence-corrected chi connectivity index (χ0v) is 24.5. The first kappa shape index (κ1) is 29.6. The average molecular weight is 513 g/mol. The van der Waals surface area contributed by atoms with E-state index < -0.39 is 0 Å². The number of hydrogen-bond acceptors (Lipinski definition) is 4. The molecule has 0 aliphatic heterocycles. The van der Waals surface area contributed by atoms with Crippen LogP contribution in [-0.4, -0.2) is 19.3 Å². The Morgan fingerprint density at radius 3 is 2.37 bits per heavy atom. The topological polar surface area (TPSA) is 24.1 Å². The van der Waals surface area contributed by atoms with E-state index in [2.05, 4.69) is 75.8 Å². The van der Waals surface area contributed by atoms with E-state index in [1.54, 1.807) is 10.4 Å². The molecule has 0 saturated heterocycles. The van der Waals surface area contributed by atoms with E-state index in [1.165, 1.54) is 66.0 Å². The van der Waals surface area contributed by atoms with Crippen LogP contribution in [-0.2, 0) is 19.3 Å². The molecule has 1 unspecified atom stereocenters. The number of anilines is 1. The van der Waals surface area contributed by atoms with Gasteiger partial charge in [-0.3, -0.25) is 0 Å². The van der Waals surface area contributed by atoms with Crippen molar-refractivity contribution in [3.63, 3.8) is 0 Å². The molecule has 4 heteroatoms. The Hall–Kier alpha value is -1.65. The molecule has 1 heterocycles. The first-order valence-electron chi connectivity index (χ1n) is 13.6. The standard InChI is InChI=1S/C16H26N2S.C10H14S.C5H8/c1-5-6-9-18-12(3)15-13-10-11(2)7-8-14(13)19-16(15)17-4;1-3-9-5-7-10(8-6-9)11-4-2;1-2-5-3-4-5/h11,17-18H,3,5-10H2,1-2,4H3;5-8H,3-4H2,1-2H3;2,5H,1,3-4H2. The molecule has 35 heavy (non-hydrogen) atoms. The van der Waals surface area contributed by atoms with Gasteiger partial charge in [0.15, 0.2) is 0 Å². The Kier molecular flexibility index (Phi) is 13.7. The van der Waals surface area contributed by atoms with Crippen molar-refractivity contribution in [2.24, 2.45) is 11.8 Å². The number of unbranched alkanes of at least 4 members (excludes halogenated alkanes) is 1. The molecule has 1 aromatic carbocycles. The van der Waals surface area contributed by atoms with Crippen molar-refractivity contribution < 1.29 is 0 Å². The zero-order valence-electron chi connectivity index (χ0n) is 22.8. The molecule has 0 radical (unpaired) electrons. The Labute approximate surface area is 224 Å². The quantitative estimate of drug-likeness (QED) is 0.188. The summed E-state index contributed by atoms with van der Waals surface area (Å²) in [6, 6.07) is 8.82. The van der Waals surface area contributed by atoms with E-state index in [1.807, 2.05) is 36.2 Å². The smallest absolute Gasteiger partial charge is 0.0980 e. The fourth-order valence-electron chi connectivity index (χ4n) is 4.08. The lowest BCUT2D eigenvalue weighted by molar-refractivity contribution is 0.506. The van der Waals surface area contributed by atoms with Crippen LogP contribution in [0.5, 0.6) is 0 Å². The summed E-state index contributed by atoms with van der Waals surface area (Å²) in [4.78, 5) is 2.94. The number of rotatable bonds is 10. The largest absolute Gasteiger partial charge is 0.385 e. The highest BCUT2D eigenvalue weighted by Gasteiger charge is 2.24. The fraction of sp³-hybridized carbons (Fsp3) is 0.548. The van der Waals surface area contributed by atoms with Gasteiger partial charge in [0.25, 0.3) is 0 Å². The summed E-state index contributed by atoms with van der Waals surface area (Å²) in [6.07, 6.45) is 12.1. The molecule has 1 aromatic heterocycles. The Balaban J connectivity index is 0.000000225. The summed E-state index contributed by atoms with van der Waals surface area (Å²) < 4.78 is 0. The number of thiophene rings is 1. The second-order valence-corrected chi connectivity index (χ2v) is 12.0. The molecule has 0 bridgehead atoms. The van der Waals surface area contributed by atoms with Crippen LogP contribution in [0.1, 0.15) is 81.4 Å². The maximum absolute atomic E-state index is 4.27. The van der Waals surface area contributed by atoms with E-state index in [-0.39, 0.29) is 0 Å². The third-order valence-electron chi connectivity index (χ3n) is 6.50. The van der Waals surface area contributed by atoms with Crippen molar-refractivity contribution in [3.05, 3.63) is 65.1 Å². The minimum Gasteiger partial charge on any atom is -0.385 e. The highest BCUT2D eigenvalue weighted by Crippen LogP contribution is 2.41. The van der Waals surface area contributed by atoms with Gasteiger partial charge >= 0.3 is 0 Å². The van der Waals surface area contributed by atoms with Crippen LogP contribution >= 0.6 is 23.1 Å². The molecular weight excluding hydrogens is 464 g/mol. The van der Waals surface area contributed by atoms with E-state index in [9.17, 15) is 0 Å². The monoisotopic (exact) mass is 512 g/mol. The average Bonchev–Trinajstić information content (AvgIpc) is 3.65. The molecule has 2 aliphatic rings. The van der Waals surface area contributed by atoms with Gasteiger partial charge in [0.1, 0.15) is 0 Å². The van der Waals surface area contributed by atoms with Gasteiger partial charge < -0.3 is 10.6 Å². The summed E-state index contributed by atoms with van der Waals surface area (Å²) in [6.45, 7) is 17.9. The minimum atomic E-state index is 0.800. The molecular formula is C31H48N2S2. The van der Waals surface area contributed by atoms with Crippen LogP contribution in [0.4, 0.5) is 5.00 Å². The number of fused-ring (bicyclic) bond motifs is 1. The molecule has 1 saturated carbocycles. The summed E-state index contributed by atoms with van der Waals surface area (Å²) in [7, 11) is 2.02. The second-order valence-electron chi connectivity index (χ2n) is 9.57. The molecule has 0 spiro atoms. The van der Waals surface area contributed by atoms with Gasteiger partial charge in [0.05, 0.1) is 5.00 Å². The normalized spacial score (nSPS) is 16.1. The number of benzene rings is 1. The number of aryl methyl sites for hydroxylation is 2. The highest BCUT2D eigenvalue weighted by molar-refractivity contribution is 7.99. The van der Waals surface area contributed by atoms with Crippen LogP contribution in [0.15, 0.2) is 48.4 Å². The van der Waals surface area contributed by atoms with Gasteiger partial charge in [-0.15, -0.1) is 29.7 Å². The fourth-order valence-corrected chi connectivity index (χ4v) is 5.97. The molecule has 2 aliphatic carbocycles. The summed E-state index contributed by atoms with van der Waals surface area (Å²) >= 11 is 3.81. The number of hydrogen-bond donors (Lipinski definition) is 2. The van der Waals surface area contributed by atoms with Gasteiger partial charge in [-0.1, -0.05) is 58.9 Å². The van der Waals surface area contributed by atoms with E-state index in [0.717, 1.165) is 36.3 Å². The van der Waals surface area contributed by atoms with Gasteiger partial charge in [-0.2, -0.15) is 0 Å². The van der Waals surface area contributed by atoms with Gasteiger partial charge in [0.2, 0.25) is 0 Å². The molecule has 2 N–H and O–H groups in total. The molecule has 1 atom stereocenters. The third-order valence-corrected chi connectivity index (χ3v) is 8.71.